The van der Waals surface area contributed by atoms with E-state index in [1.54, 1.807) is 13.1 Å². The first-order valence-electron chi connectivity index (χ1n) is 4.58. The molecule has 0 radical (unpaired) electrons. The molecule has 0 fully saturated rings. The van der Waals surface area contributed by atoms with Gasteiger partial charge in [-0.3, -0.25) is 4.79 Å². The number of carbonyl (C=O) groups excluding carboxylic acids is 1. The first-order chi connectivity index (χ1) is 6.65. The zero-order chi connectivity index (χ0) is 10.6. The van der Waals surface area contributed by atoms with Gasteiger partial charge in [0, 0.05) is 11.4 Å². The summed E-state index contributed by atoms with van der Waals surface area (Å²) >= 11 is 5.94. The molecule has 0 aliphatic carbocycles. The molecule has 1 atom stereocenters. The predicted molar refractivity (Wildman–Crippen MR) is 58.7 cm³/mol. The maximum atomic E-state index is 11.6. The van der Waals surface area contributed by atoms with Gasteiger partial charge in [-0.1, -0.05) is 29.8 Å². The molecule has 0 aromatic heterocycles. The molecule has 3 heteroatoms. The standard InChI is InChI=1S/C11H14ClNO/c1-8(13-2)11(14)7-9-5-3-4-6-10(9)12/h3-6,8,13H,7H2,1-2H3. The number of likely N-dealkylation sites (N-methyl/N-ethyl adjacent to an activating group) is 1. The van der Waals surface area contributed by atoms with Crippen LogP contribution in [0.3, 0.4) is 0 Å². The van der Waals surface area contributed by atoms with E-state index >= 15 is 0 Å². The summed E-state index contributed by atoms with van der Waals surface area (Å²) in [5.41, 5.74) is 0.890. The Kier molecular flexibility index (Phi) is 4.11. The Morgan fingerprint density at radius 2 is 2.14 bits per heavy atom. The molecule has 0 heterocycles. The maximum Gasteiger partial charge on any atom is 0.153 e. The molecule has 1 aromatic rings. The molecule has 1 unspecified atom stereocenters. The fourth-order valence-corrected chi connectivity index (χ4v) is 1.35. The van der Waals surface area contributed by atoms with Crippen molar-refractivity contribution in [1.82, 2.24) is 5.32 Å². The molecule has 0 saturated carbocycles. The number of halogens is 1. The minimum atomic E-state index is -0.119. The average molecular weight is 212 g/mol. The van der Waals surface area contributed by atoms with Gasteiger partial charge in [-0.05, 0) is 25.6 Å². The smallest absolute Gasteiger partial charge is 0.153 e. The molecule has 0 aliphatic heterocycles. The van der Waals surface area contributed by atoms with E-state index in [2.05, 4.69) is 5.32 Å². The molecule has 14 heavy (non-hydrogen) atoms. The normalized spacial score (nSPS) is 12.5. The second-order valence-corrected chi connectivity index (χ2v) is 3.65. The number of benzene rings is 1. The summed E-state index contributed by atoms with van der Waals surface area (Å²) in [4.78, 5) is 11.6. The lowest BCUT2D eigenvalue weighted by Crippen LogP contribution is -2.31. The van der Waals surface area contributed by atoms with Crippen LogP contribution in [0.4, 0.5) is 0 Å². The van der Waals surface area contributed by atoms with Crippen LogP contribution in [0.1, 0.15) is 12.5 Å². The third-order valence-electron chi connectivity index (χ3n) is 2.24. The fraction of sp³-hybridized carbons (Fsp3) is 0.364. The van der Waals surface area contributed by atoms with Crippen molar-refractivity contribution >= 4 is 17.4 Å². The summed E-state index contributed by atoms with van der Waals surface area (Å²) in [6.45, 7) is 1.85. The van der Waals surface area contributed by atoms with Crippen LogP contribution in [0, 0.1) is 0 Å². The highest BCUT2D eigenvalue weighted by molar-refractivity contribution is 6.31. The molecule has 0 aliphatic rings. The highest BCUT2D eigenvalue weighted by atomic mass is 35.5. The SMILES string of the molecule is CNC(C)C(=O)Cc1ccccc1Cl. The van der Waals surface area contributed by atoms with Crippen LogP contribution in [0.5, 0.6) is 0 Å². The molecule has 76 valence electrons. The predicted octanol–water partition coefficient (Wildman–Crippen LogP) is 2.06. The van der Waals surface area contributed by atoms with Crippen molar-refractivity contribution in [2.24, 2.45) is 0 Å². The van der Waals surface area contributed by atoms with Crippen molar-refractivity contribution in [3.8, 4) is 0 Å². The molecule has 0 amide bonds. The number of hydrogen-bond donors (Lipinski definition) is 1. The molecular weight excluding hydrogens is 198 g/mol. The first-order valence-corrected chi connectivity index (χ1v) is 4.96. The average Bonchev–Trinajstić information content (AvgIpc) is 2.20. The van der Waals surface area contributed by atoms with Gasteiger partial charge in [-0.2, -0.15) is 0 Å². The third-order valence-corrected chi connectivity index (χ3v) is 2.61. The fourth-order valence-electron chi connectivity index (χ4n) is 1.14. The minimum absolute atomic E-state index is 0.119. The highest BCUT2D eigenvalue weighted by Gasteiger charge is 2.12. The Labute approximate surface area is 89.3 Å². The summed E-state index contributed by atoms with van der Waals surface area (Å²) in [6.07, 6.45) is 0.391. The number of carbonyl (C=O) groups is 1. The number of hydrogen-bond acceptors (Lipinski definition) is 2. The molecule has 0 spiro atoms. The van der Waals surface area contributed by atoms with Crippen LogP contribution in [0.15, 0.2) is 24.3 Å². The van der Waals surface area contributed by atoms with Crippen molar-refractivity contribution in [3.63, 3.8) is 0 Å². The summed E-state index contributed by atoms with van der Waals surface area (Å²) in [5.74, 6) is 0.153. The zero-order valence-corrected chi connectivity index (χ0v) is 9.14. The quantitative estimate of drug-likeness (QED) is 0.826. The van der Waals surface area contributed by atoms with Gasteiger partial charge in [0.2, 0.25) is 0 Å². The van der Waals surface area contributed by atoms with Gasteiger partial charge in [0.1, 0.15) is 0 Å². The summed E-state index contributed by atoms with van der Waals surface area (Å²) < 4.78 is 0. The van der Waals surface area contributed by atoms with E-state index in [1.165, 1.54) is 0 Å². The molecule has 1 N–H and O–H groups in total. The maximum absolute atomic E-state index is 11.6. The molecule has 1 rings (SSSR count). The molecule has 2 nitrogen and oxygen atoms in total. The summed E-state index contributed by atoms with van der Waals surface area (Å²) in [7, 11) is 1.77. The molecular formula is C11H14ClNO. The van der Waals surface area contributed by atoms with E-state index in [1.807, 2.05) is 25.1 Å². The Morgan fingerprint density at radius 3 is 2.71 bits per heavy atom. The van der Waals surface area contributed by atoms with Crippen molar-refractivity contribution in [2.75, 3.05) is 7.05 Å². The molecule has 0 saturated heterocycles. The van der Waals surface area contributed by atoms with Crippen LogP contribution in [0.25, 0.3) is 0 Å². The van der Waals surface area contributed by atoms with Gasteiger partial charge in [0.05, 0.1) is 6.04 Å². The minimum Gasteiger partial charge on any atom is -0.311 e. The molecule has 0 bridgehead atoms. The second kappa shape index (κ2) is 5.13. The van der Waals surface area contributed by atoms with E-state index < -0.39 is 0 Å². The second-order valence-electron chi connectivity index (χ2n) is 3.24. The van der Waals surface area contributed by atoms with Crippen LogP contribution in [0.2, 0.25) is 5.02 Å². The van der Waals surface area contributed by atoms with Gasteiger partial charge < -0.3 is 5.32 Å². The Hall–Kier alpha value is -0.860. The van der Waals surface area contributed by atoms with Crippen LogP contribution in [-0.4, -0.2) is 18.9 Å². The van der Waals surface area contributed by atoms with E-state index in [4.69, 9.17) is 11.6 Å². The van der Waals surface area contributed by atoms with Crippen LogP contribution >= 0.6 is 11.6 Å². The van der Waals surface area contributed by atoms with Crippen molar-refractivity contribution in [2.45, 2.75) is 19.4 Å². The van der Waals surface area contributed by atoms with E-state index in [-0.39, 0.29) is 11.8 Å². The van der Waals surface area contributed by atoms with Crippen LogP contribution < -0.4 is 5.32 Å². The Bertz CT molecular complexity index is 325. The van der Waals surface area contributed by atoms with Gasteiger partial charge in [-0.15, -0.1) is 0 Å². The summed E-state index contributed by atoms with van der Waals surface area (Å²) in [6, 6.07) is 7.30. The largest absolute Gasteiger partial charge is 0.311 e. The van der Waals surface area contributed by atoms with Gasteiger partial charge in [0.15, 0.2) is 5.78 Å². The topological polar surface area (TPSA) is 29.1 Å². The van der Waals surface area contributed by atoms with Gasteiger partial charge >= 0.3 is 0 Å². The Morgan fingerprint density at radius 1 is 1.50 bits per heavy atom. The number of rotatable bonds is 4. The molecule has 1 aromatic carbocycles. The lowest BCUT2D eigenvalue weighted by Gasteiger charge is -2.09. The number of nitrogens with one attached hydrogen (secondary N) is 1. The Balaban J connectivity index is 2.70. The lowest BCUT2D eigenvalue weighted by atomic mass is 10.1. The first kappa shape index (κ1) is 11.2. The monoisotopic (exact) mass is 211 g/mol. The van der Waals surface area contributed by atoms with Crippen molar-refractivity contribution in [1.29, 1.82) is 0 Å². The van der Waals surface area contributed by atoms with Gasteiger partial charge in [0.25, 0.3) is 0 Å². The number of ketones is 1. The van der Waals surface area contributed by atoms with E-state index in [9.17, 15) is 4.79 Å². The number of Topliss-reactive ketones (excluding diaryl/α,β-unsaturated/α-hetero) is 1. The highest BCUT2D eigenvalue weighted by Crippen LogP contribution is 2.15. The van der Waals surface area contributed by atoms with E-state index in [0.29, 0.717) is 11.4 Å². The third kappa shape index (κ3) is 2.82. The zero-order valence-electron chi connectivity index (χ0n) is 8.38. The van der Waals surface area contributed by atoms with Crippen molar-refractivity contribution < 1.29 is 4.79 Å². The van der Waals surface area contributed by atoms with E-state index in [0.717, 1.165) is 5.56 Å². The van der Waals surface area contributed by atoms with Gasteiger partial charge in [-0.25, -0.2) is 0 Å². The lowest BCUT2D eigenvalue weighted by molar-refractivity contribution is -0.119. The summed E-state index contributed by atoms with van der Waals surface area (Å²) in [5, 5.41) is 3.57. The van der Waals surface area contributed by atoms with Crippen LogP contribution in [-0.2, 0) is 11.2 Å². The van der Waals surface area contributed by atoms with Crippen molar-refractivity contribution in [3.05, 3.63) is 34.9 Å².